The van der Waals surface area contributed by atoms with Crippen molar-refractivity contribution in [3.8, 4) is 5.75 Å². The molecule has 4 N–H and O–H groups in total. The van der Waals surface area contributed by atoms with Crippen LogP contribution in [0.5, 0.6) is 5.75 Å². The van der Waals surface area contributed by atoms with Crippen LogP contribution in [0.3, 0.4) is 0 Å². The number of phenols is 1. The van der Waals surface area contributed by atoms with E-state index < -0.39 is 113 Å². The van der Waals surface area contributed by atoms with Crippen LogP contribution >= 0.6 is 0 Å². The Morgan fingerprint density at radius 3 is 2.29 bits per heavy atom. The quantitative estimate of drug-likeness (QED) is 0.310. The summed E-state index contributed by atoms with van der Waals surface area (Å²) in [5.41, 5.74) is -7.99. The monoisotopic (exact) mass is 822 g/mol. The number of aliphatic hydroxyl groups excluding tert-OH is 1. The van der Waals surface area contributed by atoms with Crippen LogP contribution in [-0.2, 0) is 47.5 Å². The van der Waals surface area contributed by atoms with Gasteiger partial charge >= 0.3 is 0 Å². The molecule has 0 aromatic heterocycles. The summed E-state index contributed by atoms with van der Waals surface area (Å²) < 4.78 is 42.0. The second-order valence-electron chi connectivity index (χ2n) is 17.1. The zero-order valence-corrected chi connectivity index (χ0v) is 33.5. The molecule has 16 heteroatoms. The first kappa shape index (κ1) is 41.9. The molecular formula is C43H50O16. The van der Waals surface area contributed by atoms with Crippen molar-refractivity contribution in [2.24, 2.45) is 0 Å². The Morgan fingerprint density at radius 2 is 1.59 bits per heavy atom. The Labute approximate surface area is 340 Å². The lowest BCUT2D eigenvalue weighted by Gasteiger charge is -2.53. The molecule has 8 rings (SSSR count). The molecule has 3 aliphatic carbocycles. The van der Waals surface area contributed by atoms with Crippen molar-refractivity contribution in [1.82, 2.24) is 0 Å². The van der Waals surface area contributed by atoms with Crippen LogP contribution < -0.4 is 0 Å². The zero-order valence-electron chi connectivity index (χ0n) is 33.5. The number of hydrogen-bond acceptors (Lipinski definition) is 16. The van der Waals surface area contributed by atoms with Crippen molar-refractivity contribution in [2.75, 3.05) is 0 Å². The first-order valence-corrected chi connectivity index (χ1v) is 20.2. The zero-order chi connectivity index (χ0) is 42.3. The van der Waals surface area contributed by atoms with Gasteiger partial charge in [0, 0.05) is 55.2 Å². The third kappa shape index (κ3) is 7.20. The number of ketones is 5. The maximum Gasteiger partial charge on any atom is 0.198 e. The van der Waals surface area contributed by atoms with E-state index in [2.05, 4.69) is 0 Å². The van der Waals surface area contributed by atoms with Crippen molar-refractivity contribution in [3.63, 3.8) is 0 Å². The molecule has 0 amide bonds. The maximum atomic E-state index is 14.2. The summed E-state index contributed by atoms with van der Waals surface area (Å²) in [6.45, 7) is 8.36. The predicted octanol–water partition coefficient (Wildman–Crippen LogP) is 2.71. The molecule has 0 spiro atoms. The lowest BCUT2D eigenvalue weighted by molar-refractivity contribution is -0.292. The van der Waals surface area contributed by atoms with Crippen LogP contribution in [0.4, 0.5) is 0 Å². The number of phenolic OH excluding ortho intramolecular Hbond substituents is 1. The molecule has 4 fully saturated rings. The number of Topliss-reactive ketones (excluding diaryl/α,β-unsaturated/α-hetero) is 4. The van der Waals surface area contributed by atoms with Gasteiger partial charge in [0.25, 0.3) is 0 Å². The first-order valence-electron chi connectivity index (χ1n) is 20.2. The standard InChI is InChI=1S/C43H50O16/c1-19-26(44)8-11-32(54-19)57-29-10-13-33(56-21(29)3)58-40-22(4)53-30(16-28(40)46)23-6-7-24-35(37(23)48)38(49)25-14-15-42(51)18-41(5,59-34-12-9-27(45)20(2)55-34)17-31(47)43(42,52)36(25)39(24)50/h6-8,11,14-15,19-22,28-30,32-34,40,46,48,51-52H,9-10,12-13,16-18H2,1-5H3/t19?,20?,21?,22-,28-,29?,30-,32?,33?,34?,40-,41-,42-,43-/m0/s1. The van der Waals surface area contributed by atoms with Crippen LogP contribution in [0.15, 0.2) is 47.6 Å². The summed E-state index contributed by atoms with van der Waals surface area (Å²) in [5, 5.41) is 47.0. The second kappa shape index (κ2) is 15.3. The van der Waals surface area contributed by atoms with Gasteiger partial charge in [0.05, 0.1) is 47.3 Å². The Morgan fingerprint density at radius 1 is 0.831 bits per heavy atom. The van der Waals surface area contributed by atoms with Crippen LogP contribution in [0.2, 0.25) is 0 Å². The van der Waals surface area contributed by atoms with Crippen LogP contribution in [-0.4, -0.2) is 128 Å². The third-order valence-electron chi connectivity index (χ3n) is 12.7. The Bertz CT molecular complexity index is 2040. The highest BCUT2D eigenvalue weighted by atomic mass is 16.7. The number of hydrogen-bond donors (Lipinski definition) is 4. The van der Waals surface area contributed by atoms with Gasteiger partial charge < -0.3 is 53.6 Å². The van der Waals surface area contributed by atoms with Crippen molar-refractivity contribution in [3.05, 3.63) is 64.3 Å². The fourth-order valence-corrected chi connectivity index (χ4v) is 9.57. The molecule has 3 saturated heterocycles. The molecule has 318 valence electrons. The molecule has 7 aliphatic rings. The van der Waals surface area contributed by atoms with Crippen molar-refractivity contribution in [2.45, 2.75) is 164 Å². The van der Waals surface area contributed by atoms with Gasteiger partial charge in [-0.25, -0.2) is 0 Å². The molecule has 0 radical (unpaired) electrons. The minimum atomic E-state index is -2.81. The molecule has 0 bridgehead atoms. The van der Waals surface area contributed by atoms with E-state index in [0.717, 1.165) is 6.08 Å². The molecular weight excluding hydrogens is 772 g/mol. The highest BCUT2D eigenvalue weighted by Crippen LogP contribution is 2.53. The summed E-state index contributed by atoms with van der Waals surface area (Å²) in [6.07, 6.45) is -1.91. The topological polar surface area (TPSA) is 231 Å². The van der Waals surface area contributed by atoms with E-state index in [1.54, 1.807) is 33.8 Å². The van der Waals surface area contributed by atoms with Crippen molar-refractivity contribution >= 4 is 28.9 Å². The highest BCUT2D eigenvalue weighted by Gasteiger charge is 2.67. The van der Waals surface area contributed by atoms with Gasteiger partial charge in [-0.05, 0) is 65.3 Å². The highest BCUT2D eigenvalue weighted by molar-refractivity contribution is 6.32. The number of carbonyl (C=O) groups excluding carboxylic acids is 5. The fraction of sp³-hybridized carbons (Fsp3) is 0.605. The fourth-order valence-electron chi connectivity index (χ4n) is 9.57. The summed E-state index contributed by atoms with van der Waals surface area (Å²) in [5.74, 6) is -3.50. The molecule has 16 nitrogen and oxygen atoms in total. The number of rotatable bonds is 7. The van der Waals surface area contributed by atoms with E-state index in [4.69, 9.17) is 33.2 Å². The molecule has 4 aliphatic heterocycles. The SMILES string of the molecule is CC1OC(OC2CCC(O[C@H]3[C@H](C)O[C@H](c4ccc5c(c4O)C(=O)C4=C(C5=O)[C@@]5(O)C(=O)C[C@](C)(OC6CCC(=O)C(C)O6)C[C@@]5(O)C=C4)C[C@@H]3O)OC2C)C=CC1=O. The van der Waals surface area contributed by atoms with Gasteiger partial charge in [-0.15, -0.1) is 0 Å². The van der Waals surface area contributed by atoms with E-state index in [9.17, 15) is 44.4 Å². The first-order chi connectivity index (χ1) is 27.8. The van der Waals surface area contributed by atoms with E-state index >= 15 is 0 Å². The molecule has 4 heterocycles. The average molecular weight is 823 g/mol. The number of fused-ring (bicyclic) bond motifs is 3. The van der Waals surface area contributed by atoms with Gasteiger partial charge in [-0.1, -0.05) is 12.1 Å². The molecule has 7 unspecified atom stereocenters. The summed E-state index contributed by atoms with van der Waals surface area (Å²) in [6, 6.07) is 2.69. The van der Waals surface area contributed by atoms with Crippen molar-refractivity contribution in [1.29, 1.82) is 0 Å². The van der Waals surface area contributed by atoms with Gasteiger partial charge in [0.1, 0.15) is 29.7 Å². The summed E-state index contributed by atoms with van der Waals surface area (Å²) >= 11 is 0. The molecule has 1 aromatic carbocycles. The summed E-state index contributed by atoms with van der Waals surface area (Å²) in [4.78, 5) is 66.1. The Balaban J connectivity index is 0.949. The number of benzene rings is 1. The average Bonchev–Trinajstić information content (AvgIpc) is 3.16. The van der Waals surface area contributed by atoms with Gasteiger partial charge in [0.15, 0.2) is 53.4 Å². The predicted molar refractivity (Wildman–Crippen MR) is 201 cm³/mol. The lowest BCUT2D eigenvalue weighted by Crippen LogP contribution is -2.69. The van der Waals surface area contributed by atoms with Gasteiger partial charge in [-0.2, -0.15) is 0 Å². The van der Waals surface area contributed by atoms with Crippen LogP contribution in [0.1, 0.15) is 112 Å². The molecule has 1 aromatic rings. The third-order valence-corrected chi connectivity index (χ3v) is 12.7. The molecule has 59 heavy (non-hydrogen) atoms. The van der Waals surface area contributed by atoms with Crippen LogP contribution in [0, 0.1) is 0 Å². The lowest BCUT2D eigenvalue weighted by atomic mass is 9.57. The van der Waals surface area contributed by atoms with E-state index in [1.807, 2.05) is 6.92 Å². The van der Waals surface area contributed by atoms with E-state index in [1.165, 1.54) is 24.3 Å². The van der Waals surface area contributed by atoms with E-state index in [-0.39, 0.29) is 65.6 Å². The largest absolute Gasteiger partial charge is 0.507 e. The van der Waals surface area contributed by atoms with E-state index in [0.29, 0.717) is 12.8 Å². The number of allylic oxidation sites excluding steroid dienone is 2. The maximum absolute atomic E-state index is 14.2. The molecule has 1 saturated carbocycles. The Hall–Kier alpha value is -3.81. The smallest absolute Gasteiger partial charge is 0.198 e. The van der Waals surface area contributed by atoms with Crippen molar-refractivity contribution < 1.29 is 77.6 Å². The minimum absolute atomic E-state index is 0.0448. The minimum Gasteiger partial charge on any atom is -0.507 e. The second-order valence-corrected chi connectivity index (χ2v) is 17.1. The normalized spacial score (nSPS) is 42.4. The number of ether oxygens (including phenoxy) is 7. The Kier molecular flexibility index (Phi) is 10.8. The van der Waals surface area contributed by atoms with Gasteiger partial charge in [0.2, 0.25) is 0 Å². The number of carbonyl (C=O) groups is 5. The number of aliphatic hydroxyl groups is 3. The summed E-state index contributed by atoms with van der Waals surface area (Å²) in [7, 11) is 0. The molecule has 14 atom stereocenters. The number of aromatic hydroxyl groups is 1. The van der Waals surface area contributed by atoms with Crippen LogP contribution in [0.25, 0.3) is 0 Å². The van der Waals surface area contributed by atoms with Gasteiger partial charge in [-0.3, -0.25) is 24.0 Å².